The summed E-state index contributed by atoms with van der Waals surface area (Å²) >= 11 is 0. The molecule has 1 rings (SSSR count). The highest BCUT2D eigenvalue weighted by Gasteiger charge is 2.16. The Bertz CT molecular complexity index is 358. The summed E-state index contributed by atoms with van der Waals surface area (Å²) in [5.74, 6) is 1.05. The average molecular weight is 253 g/mol. The van der Waals surface area contributed by atoms with Crippen LogP contribution >= 0.6 is 0 Å². The van der Waals surface area contributed by atoms with Crippen molar-refractivity contribution in [2.24, 2.45) is 7.05 Å². The Morgan fingerprint density at radius 1 is 1.22 bits per heavy atom. The Hall–Kier alpha value is -1.19. The van der Waals surface area contributed by atoms with E-state index in [-0.39, 0.29) is 0 Å². The van der Waals surface area contributed by atoms with E-state index in [1.165, 1.54) is 25.7 Å². The molecule has 1 heterocycles. The van der Waals surface area contributed by atoms with Gasteiger partial charge in [0.2, 0.25) is 5.88 Å². The molecule has 0 aliphatic rings. The van der Waals surface area contributed by atoms with E-state index in [1.807, 2.05) is 7.05 Å². The summed E-state index contributed by atoms with van der Waals surface area (Å²) < 4.78 is 7.50. The second-order valence-corrected chi connectivity index (χ2v) is 5.15. The zero-order chi connectivity index (χ0) is 13.5. The number of hydrogen-bond donors (Lipinski definition) is 1. The molecule has 0 radical (unpaired) electrons. The standard InChI is InChI=1S/C14H27N3O/c1-5-6-7-8-9-10-18-14-12(15)13(11(2)3)16-17(14)4/h11H,5-10,15H2,1-4H3. The van der Waals surface area contributed by atoms with Crippen molar-refractivity contribution < 1.29 is 4.74 Å². The van der Waals surface area contributed by atoms with Crippen LogP contribution in [0.4, 0.5) is 5.69 Å². The molecule has 0 amide bonds. The molecule has 0 saturated carbocycles. The van der Waals surface area contributed by atoms with Crippen LogP contribution in [0.5, 0.6) is 5.88 Å². The van der Waals surface area contributed by atoms with Gasteiger partial charge in [-0.15, -0.1) is 0 Å². The fourth-order valence-electron chi connectivity index (χ4n) is 2.02. The van der Waals surface area contributed by atoms with E-state index in [9.17, 15) is 0 Å². The maximum Gasteiger partial charge on any atom is 0.235 e. The Labute approximate surface area is 111 Å². The lowest BCUT2D eigenvalue weighted by atomic mass is 10.1. The van der Waals surface area contributed by atoms with Crippen molar-refractivity contribution in [1.82, 2.24) is 9.78 Å². The van der Waals surface area contributed by atoms with Crippen molar-refractivity contribution in [2.75, 3.05) is 12.3 Å². The second kappa shape index (κ2) is 7.29. The molecule has 104 valence electrons. The zero-order valence-electron chi connectivity index (χ0n) is 12.2. The molecular formula is C14H27N3O. The minimum Gasteiger partial charge on any atom is -0.476 e. The van der Waals surface area contributed by atoms with Crippen LogP contribution in [0.25, 0.3) is 0 Å². The number of nitrogens with zero attached hydrogens (tertiary/aromatic N) is 2. The number of aryl methyl sites for hydroxylation is 1. The first-order valence-corrected chi connectivity index (χ1v) is 7.03. The highest BCUT2D eigenvalue weighted by Crippen LogP contribution is 2.29. The van der Waals surface area contributed by atoms with Gasteiger partial charge in [0.25, 0.3) is 0 Å². The van der Waals surface area contributed by atoms with Crippen LogP contribution in [0.15, 0.2) is 0 Å². The number of nitrogens with two attached hydrogens (primary N) is 1. The van der Waals surface area contributed by atoms with Gasteiger partial charge in [0, 0.05) is 7.05 Å². The van der Waals surface area contributed by atoms with E-state index in [0.717, 1.165) is 18.7 Å². The van der Waals surface area contributed by atoms with Crippen LogP contribution in [0, 0.1) is 0 Å². The maximum atomic E-state index is 6.06. The van der Waals surface area contributed by atoms with Gasteiger partial charge in [-0.3, -0.25) is 0 Å². The molecule has 18 heavy (non-hydrogen) atoms. The van der Waals surface area contributed by atoms with Gasteiger partial charge in [0.1, 0.15) is 5.69 Å². The van der Waals surface area contributed by atoms with E-state index >= 15 is 0 Å². The smallest absolute Gasteiger partial charge is 0.235 e. The molecule has 1 aromatic heterocycles. The predicted molar refractivity (Wildman–Crippen MR) is 76.0 cm³/mol. The molecule has 0 spiro atoms. The van der Waals surface area contributed by atoms with Gasteiger partial charge in [-0.25, -0.2) is 4.68 Å². The molecule has 2 N–H and O–H groups in total. The number of unbranched alkanes of at least 4 members (excludes halogenated alkanes) is 4. The quantitative estimate of drug-likeness (QED) is 0.722. The SMILES string of the molecule is CCCCCCCOc1c(N)c(C(C)C)nn1C. The first kappa shape index (κ1) is 14.9. The molecular weight excluding hydrogens is 226 g/mol. The normalized spacial score (nSPS) is 11.2. The van der Waals surface area contributed by atoms with Crippen LogP contribution in [0.2, 0.25) is 0 Å². The number of rotatable bonds is 8. The summed E-state index contributed by atoms with van der Waals surface area (Å²) in [4.78, 5) is 0. The highest BCUT2D eigenvalue weighted by atomic mass is 16.5. The lowest BCUT2D eigenvalue weighted by Gasteiger charge is -2.07. The zero-order valence-corrected chi connectivity index (χ0v) is 12.2. The van der Waals surface area contributed by atoms with Crippen molar-refractivity contribution in [1.29, 1.82) is 0 Å². The number of hydrogen-bond acceptors (Lipinski definition) is 3. The van der Waals surface area contributed by atoms with Crippen LogP contribution in [-0.4, -0.2) is 16.4 Å². The molecule has 0 unspecified atom stereocenters. The summed E-state index contributed by atoms with van der Waals surface area (Å²) in [6.45, 7) is 7.13. The van der Waals surface area contributed by atoms with E-state index in [1.54, 1.807) is 4.68 Å². The molecule has 4 heteroatoms. The van der Waals surface area contributed by atoms with Gasteiger partial charge in [-0.1, -0.05) is 46.5 Å². The van der Waals surface area contributed by atoms with Gasteiger partial charge in [-0.05, 0) is 12.3 Å². The van der Waals surface area contributed by atoms with Gasteiger partial charge < -0.3 is 10.5 Å². The van der Waals surface area contributed by atoms with E-state index in [4.69, 9.17) is 10.5 Å². The van der Waals surface area contributed by atoms with E-state index < -0.39 is 0 Å². The highest BCUT2D eigenvalue weighted by molar-refractivity contribution is 5.54. The Kier molecular flexibility index (Phi) is 6.02. The third kappa shape index (κ3) is 3.93. The summed E-state index contributed by atoms with van der Waals surface area (Å²) in [7, 11) is 1.88. The van der Waals surface area contributed by atoms with Crippen molar-refractivity contribution in [3.8, 4) is 5.88 Å². The van der Waals surface area contributed by atoms with Crippen LogP contribution < -0.4 is 10.5 Å². The summed E-state index contributed by atoms with van der Waals surface area (Å²) in [5, 5.41) is 4.40. The van der Waals surface area contributed by atoms with E-state index in [2.05, 4.69) is 25.9 Å². The summed E-state index contributed by atoms with van der Waals surface area (Å²) in [6.07, 6.45) is 6.18. The fraction of sp³-hybridized carbons (Fsp3) is 0.786. The van der Waals surface area contributed by atoms with Crippen molar-refractivity contribution >= 4 is 5.69 Å². The Morgan fingerprint density at radius 3 is 2.44 bits per heavy atom. The monoisotopic (exact) mass is 253 g/mol. The number of anilines is 1. The molecule has 0 bridgehead atoms. The first-order chi connectivity index (χ1) is 8.57. The lowest BCUT2D eigenvalue weighted by Crippen LogP contribution is -2.04. The number of ether oxygens (including phenoxy) is 1. The summed E-state index contributed by atoms with van der Waals surface area (Å²) in [6, 6.07) is 0. The third-order valence-electron chi connectivity index (χ3n) is 3.09. The number of nitrogen functional groups attached to an aromatic ring is 1. The average Bonchev–Trinajstić information content (AvgIpc) is 2.60. The molecule has 0 aliphatic carbocycles. The van der Waals surface area contributed by atoms with Crippen LogP contribution in [0.1, 0.15) is 64.5 Å². The Balaban J connectivity index is 2.42. The molecule has 0 fully saturated rings. The van der Waals surface area contributed by atoms with Crippen LogP contribution in [0.3, 0.4) is 0 Å². The largest absolute Gasteiger partial charge is 0.476 e. The molecule has 0 atom stereocenters. The maximum absolute atomic E-state index is 6.06. The second-order valence-electron chi connectivity index (χ2n) is 5.15. The van der Waals surface area contributed by atoms with Gasteiger partial charge in [0.15, 0.2) is 0 Å². The van der Waals surface area contributed by atoms with E-state index in [0.29, 0.717) is 17.5 Å². The van der Waals surface area contributed by atoms with Crippen LogP contribution in [-0.2, 0) is 7.05 Å². The van der Waals surface area contributed by atoms with Gasteiger partial charge in [0.05, 0.1) is 12.3 Å². The van der Waals surface area contributed by atoms with Crippen molar-refractivity contribution in [3.63, 3.8) is 0 Å². The van der Waals surface area contributed by atoms with Gasteiger partial charge in [-0.2, -0.15) is 5.10 Å². The lowest BCUT2D eigenvalue weighted by molar-refractivity contribution is 0.281. The summed E-state index contributed by atoms with van der Waals surface area (Å²) in [5.41, 5.74) is 7.68. The molecule has 1 aromatic rings. The third-order valence-corrected chi connectivity index (χ3v) is 3.09. The molecule has 0 aliphatic heterocycles. The molecule has 0 saturated heterocycles. The fourth-order valence-corrected chi connectivity index (χ4v) is 2.02. The van der Waals surface area contributed by atoms with Gasteiger partial charge >= 0.3 is 0 Å². The van der Waals surface area contributed by atoms with Crippen molar-refractivity contribution in [2.45, 2.75) is 58.8 Å². The van der Waals surface area contributed by atoms with Crippen molar-refractivity contribution in [3.05, 3.63) is 5.69 Å². The molecule has 4 nitrogen and oxygen atoms in total. The Morgan fingerprint density at radius 2 is 1.89 bits per heavy atom. The molecule has 0 aromatic carbocycles. The number of aromatic nitrogens is 2. The predicted octanol–water partition coefficient (Wildman–Crippen LogP) is 3.47. The first-order valence-electron chi connectivity index (χ1n) is 7.03. The minimum absolute atomic E-state index is 0.332. The topological polar surface area (TPSA) is 53.1 Å². The minimum atomic E-state index is 0.332.